The van der Waals surface area contributed by atoms with E-state index in [2.05, 4.69) is 35.5 Å². The fourth-order valence-corrected chi connectivity index (χ4v) is 3.79. The summed E-state index contributed by atoms with van der Waals surface area (Å²) in [5.74, 6) is 1.65. The molecule has 0 aliphatic rings. The number of H-pyrrole nitrogens is 1. The Morgan fingerprint density at radius 2 is 1.57 bits per heavy atom. The summed E-state index contributed by atoms with van der Waals surface area (Å²) >= 11 is 0. The van der Waals surface area contributed by atoms with Gasteiger partial charge in [-0.05, 0) is 37.3 Å². The Hall–Kier alpha value is -3.92. The number of aromatic nitrogens is 4. The third kappa shape index (κ3) is 4.73. The molecule has 2 aromatic carbocycles. The van der Waals surface area contributed by atoms with Gasteiger partial charge < -0.3 is 10.6 Å². The van der Waals surface area contributed by atoms with E-state index in [1.807, 2.05) is 13.0 Å². The lowest BCUT2D eigenvalue weighted by Gasteiger charge is -2.11. The first-order valence-corrected chi connectivity index (χ1v) is 10.5. The zero-order chi connectivity index (χ0) is 21.0. The Labute approximate surface area is 173 Å². The predicted molar refractivity (Wildman–Crippen MR) is 116 cm³/mol. The van der Waals surface area contributed by atoms with Crippen LogP contribution in [0.4, 0.5) is 28.8 Å². The van der Waals surface area contributed by atoms with Crippen LogP contribution in [-0.2, 0) is 10.0 Å². The number of nitrogens with zero attached hydrogens (tertiary/aromatic N) is 3. The van der Waals surface area contributed by atoms with E-state index in [9.17, 15) is 8.42 Å². The summed E-state index contributed by atoms with van der Waals surface area (Å²) in [7, 11) is -3.67. The Bertz CT molecular complexity index is 1260. The summed E-state index contributed by atoms with van der Waals surface area (Å²) in [4.78, 5) is 8.81. The summed E-state index contributed by atoms with van der Waals surface area (Å²) in [6, 6.07) is 17.0. The minimum atomic E-state index is -3.67. The van der Waals surface area contributed by atoms with Crippen LogP contribution in [0.2, 0.25) is 0 Å². The van der Waals surface area contributed by atoms with E-state index in [0.717, 1.165) is 5.69 Å². The standard InChI is InChI=1S/C20H19N7O2S/c1-14-10-18(26-25-14)23-20-13-21-12-19(24-20)22-15-6-5-7-16(11-15)27-30(28,29)17-8-3-2-4-9-17/h2-13,27H,1H3,(H3,22,23,24,25,26). The molecule has 30 heavy (non-hydrogen) atoms. The van der Waals surface area contributed by atoms with Crippen molar-refractivity contribution in [1.82, 2.24) is 20.2 Å². The molecule has 0 radical (unpaired) electrons. The predicted octanol–water partition coefficient (Wildman–Crippen LogP) is 3.80. The quantitative estimate of drug-likeness (QED) is 0.358. The van der Waals surface area contributed by atoms with Gasteiger partial charge >= 0.3 is 0 Å². The molecule has 0 fully saturated rings. The van der Waals surface area contributed by atoms with Gasteiger partial charge in [-0.15, -0.1) is 0 Å². The highest BCUT2D eigenvalue weighted by Crippen LogP contribution is 2.22. The van der Waals surface area contributed by atoms with E-state index in [1.54, 1.807) is 67.0 Å². The van der Waals surface area contributed by atoms with Crippen molar-refractivity contribution in [2.24, 2.45) is 0 Å². The van der Waals surface area contributed by atoms with Crippen molar-refractivity contribution in [3.05, 3.63) is 78.8 Å². The summed E-state index contributed by atoms with van der Waals surface area (Å²) < 4.78 is 27.6. The Kier molecular flexibility index (Phi) is 5.31. The maximum absolute atomic E-state index is 12.5. The lowest BCUT2D eigenvalue weighted by Crippen LogP contribution is -2.12. The third-order valence-corrected chi connectivity index (χ3v) is 5.43. The average molecular weight is 421 g/mol. The van der Waals surface area contributed by atoms with Crippen molar-refractivity contribution >= 4 is 38.9 Å². The highest BCUT2D eigenvalue weighted by molar-refractivity contribution is 7.92. The second-order valence-corrected chi connectivity index (χ2v) is 8.16. The first kappa shape index (κ1) is 19.4. The molecule has 0 saturated carbocycles. The first-order valence-electron chi connectivity index (χ1n) is 9.04. The van der Waals surface area contributed by atoms with E-state index < -0.39 is 10.0 Å². The number of hydrogen-bond donors (Lipinski definition) is 4. The molecule has 2 heterocycles. The molecule has 0 atom stereocenters. The second-order valence-electron chi connectivity index (χ2n) is 6.48. The van der Waals surface area contributed by atoms with Crippen LogP contribution in [0.25, 0.3) is 0 Å². The summed E-state index contributed by atoms with van der Waals surface area (Å²) in [6.07, 6.45) is 3.15. The molecule has 0 spiro atoms. The van der Waals surface area contributed by atoms with Gasteiger partial charge in [0.25, 0.3) is 10.0 Å². The molecular weight excluding hydrogens is 402 g/mol. The summed E-state index contributed by atoms with van der Waals surface area (Å²) in [5.41, 5.74) is 2.01. The topological polar surface area (TPSA) is 125 Å². The van der Waals surface area contributed by atoms with Crippen molar-refractivity contribution in [3.63, 3.8) is 0 Å². The molecule has 0 aliphatic carbocycles. The lowest BCUT2D eigenvalue weighted by molar-refractivity contribution is 0.601. The summed E-state index contributed by atoms with van der Waals surface area (Å²) in [6.45, 7) is 1.90. The number of aryl methyl sites for hydroxylation is 1. The van der Waals surface area contributed by atoms with Crippen LogP contribution in [0.1, 0.15) is 5.69 Å². The largest absolute Gasteiger partial charge is 0.339 e. The first-order chi connectivity index (χ1) is 14.5. The minimum Gasteiger partial charge on any atom is -0.339 e. The maximum atomic E-state index is 12.5. The van der Waals surface area contributed by atoms with Gasteiger partial charge in [0, 0.05) is 17.4 Å². The molecule has 2 aromatic heterocycles. The highest BCUT2D eigenvalue weighted by atomic mass is 32.2. The molecule has 0 amide bonds. The Morgan fingerprint density at radius 1 is 0.833 bits per heavy atom. The smallest absolute Gasteiger partial charge is 0.261 e. The van der Waals surface area contributed by atoms with Crippen LogP contribution in [0.5, 0.6) is 0 Å². The number of aromatic amines is 1. The molecule has 0 aliphatic heterocycles. The Morgan fingerprint density at radius 3 is 2.30 bits per heavy atom. The van der Waals surface area contributed by atoms with E-state index in [-0.39, 0.29) is 4.90 Å². The molecule has 4 rings (SSSR count). The SMILES string of the molecule is Cc1cc(Nc2cncc(Nc3cccc(NS(=O)(=O)c4ccccc4)c3)n2)n[nH]1. The zero-order valence-corrected chi connectivity index (χ0v) is 16.8. The fourth-order valence-electron chi connectivity index (χ4n) is 2.72. The van der Waals surface area contributed by atoms with Gasteiger partial charge in [0.15, 0.2) is 17.5 Å². The number of benzene rings is 2. The number of hydrogen-bond acceptors (Lipinski definition) is 7. The highest BCUT2D eigenvalue weighted by Gasteiger charge is 2.13. The molecule has 9 nitrogen and oxygen atoms in total. The van der Waals surface area contributed by atoms with Gasteiger partial charge in [-0.3, -0.25) is 14.8 Å². The van der Waals surface area contributed by atoms with Gasteiger partial charge in [0.1, 0.15) is 0 Å². The molecule has 0 saturated heterocycles. The van der Waals surface area contributed by atoms with E-state index in [1.165, 1.54) is 0 Å². The summed E-state index contributed by atoms with van der Waals surface area (Å²) in [5, 5.41) is 13.1. The lowest BCUT2D eigenvalue weighted by atomic mass is 10.3. The van der Waals surface area contributed by atoms with Crippen molar-refractivity contribution in [2.45, 2.75) is 11.8 Å². The fraction of sp³-hybridized carbons (Fsp3) is 0.0500. The molecule has 4 aromatic rings. The molecule has 10 heteroatoms. The molecule has 0 bridgehead atoms. The molecule has 152 valence electrons. The van der Waals surface area contributed by atoms with E-state index >= 15 is 0 Å². The van der Waals surface area contributed by atoms with Crippen LogP contribution in [-0.4, -0.2) is 28.6 Å². The zero-order valence-electron chi connectivity index (χ0n) is 16.0. The second kappa shape index (κ2) is 8.21. The van der Waals surface area contributed by atoms with Crippen molar-refractivity contribution in [3.8, 4) is 0 Å². The van der Waals surface area contributed by atoms with Crippen molar-refractivity contribution in [2.75, 3.05) is 15.4 Å². The third-order valence-electron chi connectivity index (χ3n) is 4.04. The van der Waals surface area contributed by atoms with Gasteiger partial charge in [0.2, 0.25) is 0 Å². The molecule has 4 N–H and O–H groups in total. The molecule has 0 unspecified atom stereocenters. The number of rotatable bonds is 7. The number of nitrogens with one attached hydrogen (secondary N) is 4. The van der Waals surface area contributed by atoms with Gasteiger partial charge in [-0.1, -0.05) is 24.3 Å². The number of sulfonamides is 1. The maximum Gasteiger partial charge on any atom is 0.261 e. The van der Waals surface area contributed by atoms with Crippen molar-refractivity contribution in [1.29, 1.82) is 0 Å². The Balaban J connectivity index is 1.49. The van der Waals surface area contributed by atoms with Gasteiger partial charge in [-0.25, -0.2) is 13.4 Å². The van der Waals surface area contributed by atoms with Crippen LogP contribution in [0, 0.1) is 6.92 Å². The van der Waals surface area contributed by atoms with Crippen LogP contribution in [0.3, 0.4) is 0 Å². The molecular formula is C20H19N7O2S. The van der Waals surface area contributed by atoms with Crippen LogP contribution < -0.4 is 15.4 Å². The van der Waals surface area contributed by atoms with Gasteiger partial charge in [-0.2, -0.15) is 5.10 Å². The van der Waals surface area contributed by atoms with Gasteiger partial charge in [0.05, 0.1) is 23.0 Å². The van der Waals surface area contributed by atoms with E-state index in [4.69, 9.17) is 0 Å². The van der Waals surface area contributed by atoms with Crippen LogP contribution in [0.15, 0.2) is 78.0 Å². The normalized spacial score (nSPS) is 11.1. The minimum absolute atomic E-state index is 0.196. The van der Waals surface area contributed by atoms with E-state index in [0.29, 0.717) is 28.8 Å². The number of anilines is 5. The van der Waals surface area contributed by atoms with Crippen molar-refractivity contribution < 1.29 is 8.42 Å². The average Bonchev–Trinajstić information content (AvgIpc) is 3.13. The van der Waals surface area contributed by atoms with Crippen LogP contribution >= 0.6 is 0 Å². The monoisotopic (exact) mass is 421 g/mol.